The van der Waals surface area contributed by atoms with Gasteiger partial charge < -0.3 is 15.3 Å². The first-order chi connectivity index (χ1) is 9.82. The molecular formula is C14H13BrF3NO2. The van der Waals surface area contributed by atoms with Gasteiger partial charge in [-0.25, -0.2) is 0 Å². The molecule has 0 bridgehead atoms. The number of hydrogen-bond donors (Lipinski definition) is 2. The van der Waals surface area contributed by atoms with Crippen LogP contribution in [-0.2, 0) is 6.18 Å². The second-order valence-corrected chi connectivity index (χ2v) is 5.33. The standard InChI is InChI=1S/C14H13BrF3NO2/c15-12-5-4-11(21-12)13(20)10(7-19)8-2-1-3-9(6-8)14(16,17)18/h1-6,10,13,20H,7,19H2. The van der Waals surface area contributed by atoms with E-state index < -0.39 is 23.8 Å². The third-order valence-corrected chi connectivity index (χ3v) is 3.59. The van der Waals surface area contributed by atoms with E-state index in [1.54, 1.807) is 12.1 Å². The number of nitrogens with two attached hydrogens (primary N) is 1. The predicted molar refractivity (Wildman–Crippen MR) is 74.6 cm³/mol. The van der Waals surface area contributed by atoms with Crippen LogP contribution in [0.2, 0.25) is 0 Å². The minimum atomic E-state index is -4.44. The third-order valence-electron chi connectivity index (χ3n) is 3.16. The number of benzene rings is 1. The first-order valence-electron chi connectivity index (χ1n) is 6.13. The molecule has 0 spiro atoms. The predicted octanol–water partition coefficient (Wildman–Crippen LogP) is 3.84. The molecule has 7 heteroatoms. The van der Waals surface area contributed by atoms with Gasteiger partial charge in [0.25, 0.3) is 0 Å². The van der Waals surface area contributed by atoms with Crippen LogP contribution in [0, 0.1) is 0 Å². The topological polar surface area (TPSA) is 59.4 Å². The van der Waals surface area contributed by atoms with Crippen LogP contribution in [0.3, 0.4) is 0 Å². The van der Waals surface area contributed by atoms with Gasteiger partial charge in [-0.2, -0.15) is 13.2 Å². The molecule has 2 atom stereocenters. The molecule has 1 aromatic heterocycles. The number of alkyl halides is 3. The van der Waals surface area contributed by atoms with E-state index >= 15 is 0 Å². The zero-order valence-electron chi connectivity index (χ0n) is 10.8. The molecule has 0 radical (unpaired) electrons. The summed E-state index contributed by atoms with van der Waals surface area (Å²) in [4.78, 5) is 0. The summed E-state index contributed by atoms with van der Waals surface area (Å²) in [5, 5.41) is 10.3. The molecule has 2 aromatic rings. The van der Waals surface area contributed by atoms with Gasteiger partial charge in [-0.15, -0.1) is 0 Å². The Bertz CT molecular complexity index is 612. The molecule has 0 saturated carbocycles. The average Bonchev–Trinajstić information content (AvgIpc) is 2.85. The highest BCUT2D eigenvalue weighted by atomic mass is 79.9. The number of rotatable bonds is 4. The van der Waals surface area contributed by atoms with Crippen molar-refractivity contribution >= 4 is 15.9 Å². The number of aliphatic hydroxyl groups excluding tert-OH is 1. The zero-order chi connectivity index (χ0) is 15.6. The van der Waals surface area contributed by atoms with Gasteiger partial charge in [0.2, 0.25) is 0 Å². The molecule has 21 heavy (non-hydrogen) atoms. The van der Waals surface area contributed by atoms with E-state index in [2.05, 4.69) is 15.9 Å². The molecule has 0 fully saturated rings. The van der Waals surface area contributed by atoms with Gasteiger partial charge in [-0.3, -0.25) is 0 Å². The van der Waals surface area contributed by atoms with E-state index in [1.807, 2.05) is 0 Å². The van der Waals surface area contributed by atoms with E-state index in [0.29, 0.717) is 10.2 Å². The molecule has 3 N–H and O–H groups in total. The Balaban J connectivity index is 2.33. The van der Waals surface area contributed by atoms with Crippen molar-refractivity contribution in [2.24, 2.45) is 5.73 Å². The lowest BCUT2D eigenvalue weighted by molar-refractivity contribution is -0.137. The van der Waals surface area contributed by atoms with Gasteiger partial charge in [0.1, 0.15) is 11.9 Å². The molecule has 1 aromatic carbocycles. The van der Waals surface area contributed by atoms with Crippen LogP contribution < -0.4 is 5.73 Å². The summed E-state index contributed by atoms with van der Waals surface area (Å²) >= 11 is 3.11. The molecule has 2 rings (SSSR count). The lowest BCUT2D eigenvalue weighted by Crippen LogP contribution is -2.20. The van der Waals surface area contributed by atoms with Gasteiger partial charge in [0, 0.05) is 12.5 Å². The van der Waals surface area contributed by atoms with Crippen LogP contribution >= 0.6 is 15.9 Å². The van der Waals surface area contributed by atoms with Gasteiger partial charge in [-0.1, -0.05) is 18.2 Å². The SMILES string of the molecule is NCC(c1cccc(C(F)(F)F)c1)C(O)c1ccc(Br)o1. The summed E-state index contributed by atoms with van der Waals surface area (Å²) in [7, 11) is 0. The van der Waals surface area contributed by atoms with E-state index in [0.717, 1.165) is 12.1 Å². The van der Waals surface area contributed by atoms with Crippen LogP contribution in [0.15, 0.2) is 45.5 Å². The van der Waals surface area contributed by atoms with Crippen LogP contribution in [-0.4, -0.2) is 11.7 Å². The highest BCUT2D eigenvalue weighted by Gasteiger charge is 2.32. The Hall–Kier alpha value is -1.31. The number of halogens is 4. The third kappa shape index (κ3) is 3.66. The minimum absolute atomic E-state index is 0.0131. The van der Waals surface area contributed by atoms with E-state index in [9.17, 15) is 18.3 Å². The molecule has 3 nitrogen and oxygen atoms in total. The van der Waals surface area contributed by atoms with Crippen molar-refractivity contribution in [3.8, 4) is 0 Å². The summed E-state index contributed by atoms with van der Waals surface area (Å²) < 4.78 is 43.9. The number of furan rings is 1. The Morgan fingerprint density at radius 2 is 1.95 bits per heavy atom. The lowest BCUT2D eigenvalue weighted by Gasteiger charge is -2.21. The Labute approximate surface area is 127 Å². The summed E-state index contributed by atoms with van der Waals surface area (Å²) in [6, 6.07) is 7.93. The van der Waals surface area contributed by atoms with Crippen molar-refractivity contribution in [2.45, 2.75) is 18.2 Å². The van der Waals surface area contributed by atoms with E-state index in [-0.39, 0.29) is 12.3 Å². The molecule has 0 aliphatic heterocycles. The molecular weight excluding hydrogens is 351 g/mol. The lowest BCUT2D eigenvalue weighted by atomic mass is 9.91. The van der Waals surface area contributed by atoms with Crippen molar-refractivity contribution in [3.05, 3.63) is 58.0 Å². The van der Waals surface area contributed by atoms with Crippen LogP contribution in [0.5, 0.6) is 0 Å². The fraction of sp³-hybridized carbons (Fsp3) is 0.286. The maximum atomic E-state index is 12.7. The largest absolute Gasteiger partial charge is 0.452 e. The van der Waals surface area contributed by atoms with Crippen LogP contribution in [0.1, 0.15) is 28.9 Å². The summed E-state index contributed by atoms with van der Waals surface area (Å²) in [5.74, 6) is -0.444. The van der Waals surface area contributed by atoms with Crippen LogP contribution in [0.4, 0.5) is 13.2 Å². The quantitative estimate of drug-likeness (QED) is 0.867. The van der Waals surface area contributed by atoms with Crippen molar-refractivity contribution < 1.29 is 22.7 Å². The Kier molecular flexibility index (Phi) is 4.75. The zero-order valence-corrected chi connectivity index (χ0v) is 12.4. The summed E-state index contributed by atoms with van der Waals surface area (Å²) in [6.45, 7) is -0.0131. The maximum Gasteiger partial charge on any atom is 0.416 e. The van der Waals surface area contributed by atoms with Gasteiger partial charge in [0.15, 0.2) is 4.67 Å². The first-order valence-corrected chi connectivity index (χ1v) is 6.92. The molecule has 2 unspecified atom stereocenters. The van der Waals surface area contributed by atoms with Gasteiger partial charge in [0.05, 0.1) is 5.56 Å². The van der Waals surface area contributed by atoms with Crippen molar-refractivity contribution in [1.29, 1.82) is 0 Å². The molecule has 0 aliphatic rings. The molecule has 114 valence electrons. The smallest absolute Gasteiger partial charge is 0.416 e. The molecule has 0 aliphatic carbocycles. The fourth-order valence-electron chi connectivity index (χ4n) is 2.08. The summed E-state index contributed by atoms with van der Waals surface area (Å²) in [5.41, 5.74) is 5.15. The minimum Gasteiger partial charge on any atom is -0.452 e. The Morgan fingerprint density at radius 1 is 1.24 bits per heavy atom. The van der Waals surface area contributed by atoms with Crippen LogP contribution in [0.25, 0.3) is 0 Å². The molecule has 1 heterocycles. The normalized spacial score (nSPS) is 15.0. The fourth-order valence-corrected chi connectivity index (χ4v) is 2.40. The Morgan fingerprint density at radius 3 is 2.48 bits per heavy atom. The maximum absolute atomic E-state index is 12.7. The second kappa shape index (κ2) is 6.21. The van der Waals surface area contributed by atoms with Gasteiger partial charge >= 0.3 is 6.18 Å². The van der Waals surface area contributed by atoms with Crippen molar-refractivity contribution in [3.63, 3.8) is 0 Å². The first kappa shape index (κ1) is 16.1. The average molecular weight is 364 g/mol. The monoisotopic (exact) mass is 363 g/mol. The van der Waals surface area contributed by atoms with Gasteiger partial charge in [-0.05, 0) is 39.7 Å². The number of aliphatic hydroxyl groups is 1. The molecule has 0 amide bonds. The molecule has 0 saturated heterocycles. The second-order valence-electron chi connectivity index (χ2n) is 4.55. The van der Waals surface area contributed by atoms with E-state index in [4.69, 9.17) is 10.2 Å². The van der Waals surface area contributed by atoms with E-state index in [1.165, 1.54) is 12.1 Å². The van der Waals surface area contributed by atoms with Crippen molar-refractivity contribution in [2.75, 3.05) is 6.54 Å². The highest BCUT2D eigenvalue weighted by molar-refractivity contribution is 9.10. The highest BCUT2D eigenvalue weighted by Crippen LogP contribution is 2.35. The number of hydrogen-bond acceptors (Lipinski definition) is 3. The summed E-state index contributed by atoms with van der Waals surface area (Å²) in [6.07, 6.45) is -5.56. The van der Waals surface area contributed by atoms with Crippen molar-refractivity contribution in [1.82, 2.24) is 0 Å².